The Hall–Kier alpha value is -2.30. The number of hydrogen-bond acceptors (Lipinski definition) is 5. The van der Waals surface area contributed by atoms with Gasteiger partial charge in [-0.25, -0.2) is 9.97 Å². The number of nitrogens with one attached hydrogen (secondary N) is 1. The van der Waals surface area contributed by atoms with E-state index in [2.05, 4.69) is 32.3 Å². The number of nitrogens with zero attached hydrogens (tertiary/aromatic N) is 3. The van der Waals surface area contributed by atoms with Gasteiger partial charge in [-0.2, -0.15) is 0 Å². The maximum Gasteiger partial charge on any atom is 0.134 e. The van der Waals surface area contributed by atoms with E-state index >= 15 is 0 Å². The van der Waals surface area contributed by atoms with Crippen molar-refractivity contribution in [2.75, 3.05) is 30.9 Å². The Morgan fingerprint density at radius 3 is 2.90 bits per heavy atom. The van der Waals surface area contributed by atoms with Crippen molar-refractivity contribution in [3.63, 3.8) is 0 Å². The molecule has 1 aromatic carbocycles. The minimum Gasteiger partial charge on any atom is -0.497 e. The first-order valence-electron chi connectivity index (χ1n) is 6.70. The third-order valence-corrected chi connectivity index (χ3v) is 3.66. The molecule has 5 heteroatoms. The maximum atomic E-state index is 5.28. The van der Waals surface area contributed by atoms with Gasteiger partial charge in [0.15, 0.2) is 0 Å². The van der Waals surface area contributed by atoms with Crippen LogP contribution in [-0.2, 0) is 13.0 Å². The van der Waals surface area contributed by atoms with Crippen LogP contribution in [0.2, 0.25) is 0 Å². The lowest BCUT2D eigenvalue weighted by atomic mass is 9.99. The molecule has 0 unspecified atom stereocenters. The largest absolute Gasteiger partial charge is 0.497 e. The van der Waals surface area contributed by atoms with Gasteiger partial charge in [0.1, 0.15) is 23.7 Å². The number of ether oxygens (including phenoxy) is 1. The highest BCUT2D eigenvalue weighted by atomic mass is 16.5. The van der Waals surface area contributed by atoms with Crippen LogP contribution in [0.15, 0.2) is 30.6 Å². The third kappa shape index (κ3) is 2.39. The second-order valence-electron chi connectivity index (χ2n) is 4.82. The van der Waals surface area contributed by atoms with Crippen LogP contribution in [0.25, 0.3) is 0 Å². The van der Waals surface area contributed by atoms with Crippen LogP contribution < -0.4 is 15.0 Å². The van der Waals surface area contributed by atoms with Crippen molar-refractivity contribution in [1.29, 1.82) is 0 Å². The average molecular weight is 270 g/mol. The van der Waals surface area contributed by atoms with E-state index in [1.54, 1.807) is 13.4 Å². The molecule has 104 valence electrons. The number of aromatic nitrogens is 2. The van der Waals surface area contributed by atoms with Crippen LogP contribution >= 0.6 is 0 Å². The average Bonchev–Trinajstić information content (AvgIpc) is 2.54. The first-order valence-corrected chi connectivity index (χ1v) is 6.70. The van der Waals surface area contributed by atoms with E-state index in [0.717, 1.165) is 36.9 Å². The summed E-state index contributed by atoms with van der Waals surface area (Å²) in [6.45, 7) is 1.83. The fraction of sp³-hybridized carbons (Fsp3) is 0.333. The van der Waals surface area contributed by atoms with Gasteiger partial charge in [-0.1, -0.05) is 6.07 Å². The molecule has 2 heterocycles. The molecule has 1 aromatic heterocycles. The summed E-state index contributed by atoms with van der Waals surface area (Å²) in [4.78, 5) is 10.8. The van der Waals surface area contributed by atoms with Gasteiger partial charge in [-0.3, -0.25) is 0 Å². The SMILES string of the molecule is CNc1cc(N2CCc3cc(OC)ccc3C2)ncn1. The minimum atomic E-state index is 0.843. The summed E-state index contributed by atoms with van der Waals surface area (Å²) < 4.78 is 5.28. The first kappa shape index (κ1) is 12.7. The highest BCUT2D eigenvalue weighted by Crippen LogP contribution is 2.26. The van der Waals surface area contributed by atoms with Gasteiger partial charge >= 0.3 is 0 Å². The molecule has 1 aliphatic rings. The van der Waals surface area contributed by atoms with Crippen molar-refractivity contribution < 1.29 is 4.74 Å². The Morgan fingerprint density at radius 2 is 2.10 bits per heavy atom. The van der Waals surface area contributed by atoms with Crippen molar-refractivity contribution in [1.82, 2.24) is 9.97 Å². The van der Waals surface area contributed by atoms with Gasteiger partial charge in [0, 0.05) is 26.2 Å². The highest BCUT2D eigenvalue weighted by molar-refractivity contribution is 5.51. The summed E-state index contributed by atoms with van der Waals surface area (Å²) in [5.74, 6) is 2.73. The predicted molar refractivity (Wildman–Crippen MR) is 79.3 cm³/mol. The molecule has 0 aliphatic carbocycles. The number of hydrogen-bond donors (Lipinski definition) is 1. The number of fused-ring (bicyclic) bond motifs is 1. The van der Waals surface area contributed by atoms with Crippen molar-refractivity contribution in [2.45, 2.75) is 13.0 Å². The monoisotopic (exact) mass is 270 g/mol. The van der Waals surface area contributed by atoms with Crippen LogP contribution in [-0.4, -0.2) is 30.7 Å². The van der Waals surface area contributed by atoms with Crippen LogP contribution in [0.3, 0.4) is 0 Å². The molecule has 0 atom stereocenters. The van der Waals surface area contributed by atoms with E-state index < -0.39 is 0 Å². The van der Waals surface area contributed by atoms with Gasteiger partial charge in [-0.15, -0.1) is 0 Å². The highest BCUT2D eigenvalue weighted by Gasteiger charge is 2.18. The van der Waals surface area contributed by atoms with Crippen LogP contribution in [0.4, 0.5) is 11.6 Å². The zero-order valence-corrected chi connectivity index (χ0v) is 11.8. The van der Waals surface area contributed by atoms with Gasteiger partial charge in [-0.05, 0) is 29.7 Å². The molecule has 0 saturated heterocycles. The normalized spacial score (nSPS) is 13.8. The van der Waals surface area contributed by atoms with E-state index in [1.165, 1.54) is 11.1 Å². The molecule has 0 amide bonds. The zero-order valence-electron chi connectivity index (χ0n) is 11.8. The van der Waals surface area contributed by atoms with Gasteiger partial charge in [0.25, 0.3) is 0 Å². The van der Waals surface area contributed by atoms with Crippen molar-refractivity contribution in [3.8, 4) is 5.75 Å². The standard InChI is InChI=1S/C15H18N4O/c1-16-14-8-15(18-10-17-14)19-6-5-11-7-13(20-2)4-3-12(11)9-19/h3-4,7-8,10H,5-6,9H2,1-2H3,(H,16,17,18). The lowest BCUT2D eigenvalue weighted by Crippen LogP contribution is -2.31. The smallest absolute Gasteiger partial charge is 0.134 e. The van der Waals surface area contributed by atoms with Crippen molar-refractivity contribution >= 4 is 11.6 Å². The molecule has 0 spiro atoms. The van der Waals surface area contributed by atoms with Gasteiger partial charge in [0.2, 0.25) is 0 Å². The summed E-state index contributed by atoms with van der Waals surface area (Å²) in [5.41, 5.74) is 2.70. The molecule has 0 saturated carbocycles. The fourth-order valence-electron chi connectivity index (χ4n) is 2.51. The minimum absolute atomic E-state index is 0.843. The Morgan fingerprint density at radius 1 is 1.20 bits per heavy atom. The van der Waals surface area contributed by atoms with Crippen LogP contribution in [0.5, 0.6) is 5.75 Å². The summed E-state index contributed by atoms with van der Waals surface area (Å²) in [5, 5.41) is 3.05. The second kappa shape index (κ2) is 5.36. The molecule has 20 heavy (non-hydrogen) atoms. The maximum absolute atomic E-state index is 5.28. The summed E-state index contributed by atoms with van der Waals surface area (Å²) in [6.07, 6.45) is 2.61. The quantitative estimate of drug-likeness (QED) is 0.925. The van der Waals surface area contributed by atoms with E-state index in [4.69, 9.17) is 4.74 Å². The van der Waals surface area contributed by atoms with Crippen LogP contribution in [0, 0.1) is 0 Å². The molecule has 1 N–H and O–H groups in total. The Bertz CT molecular complexity index is 615. The first-order chi connectivity index (χ1) is 9.80. The summed E-state index contributed by atoms with van der Waals surface area (Å²) in [7, 11) is 3.57. The molecule has 3 rings (SSSR count). The van der Waals surface area contributed by atoms with E-state index in [1.807, 2.05) is 19.2 Å². The molecular weight excluding hydrogens is 252 g/mol. The summed E-state index contributed by atoms with van der Waals surface area (Å²) in [6, 6.07) is 8.27. The molecule has 1 aliphatic heterocycles. The lowest BCUT2D eigenvalue weighted by Gasteiger charge is -2.30. The summed E-state index contributed by atoms with van der Waals surface area (Å²) >= 11 is 0. The van der Waals surface area contributed by atoms with Crippen molar-refractivity contribution in [2.24, 2.45) is 0 Å². The lowest BCUT2D eigenvalue weighted by molar-refractivity contribution is 0.413. The number of benzene rings is 1. The third-order valence-electron chi connectivity index (χ3n) is 3.66. The Kier molecular flexibility index (Phi) is 3.41. The molecular formula is C15H18N4O. The van der Waals surface area contributed by atoms with E-state index in [-0.39, 0.29) is 0 Å². The fourth-order valence-corrected chi connectivity index (χ4v) is 2.51. The number of rotatable bonds is 3. The number of methoxy groups -OCH3 is 1. The second-order valence-corrected chi connectivity index (χ2v) is 4.82. The van der Waals surface area contributed by atoms with Gasteiger partial charge < -0.3 is 15.0 Å². The van der Waals surface area contributed by atoms with Crippen molar-refractivity contribution in [3.05, 3.63) is 41.7 Å². The molecule has 0 bridgehead atoms. The van der Waals surface area contributed by atoms with Gasteiger partial charge in [0.05, 0.1) is 7.11 Å². The Balaban J connectivity index is 1.84. The molecule has 5 nitrogen and oxygen atoms in total. The zero-order chi connectivity index (χ0) is 13.9. The molecule has 0 radical (unpaired) electrons. The van der Waals surface area contributed by atoms with E-state index in [0.29, 0.717) is 0 Å². The number of anilines is 2. The Labute approximate surface area is 118 Å². The van der Waals surface area contributed by atoms with E-state index in [9.17, 15) is 0 Å². The topological polar surface area (TPSA) is 50.3 Å². The predicted octanol–water partition coefficient (Wildman–Crippen LogP) is 2.09. The van der Waals surface area contributed by atoms with Crippen LogP contribution in [0.1, 0.15) is 11.1 Å². The molecule has 0 fully saturated rings. The molecule has 2 aromatic rings.